The molecule has 2 N–H and O–H groups in total. The highest BCUT2D eigenvalue weighted by molar-refractivity contribution is 6.30. The number of fused-ring (bicyclic) bond motifs is 1. The van der Waals surface area contributed by atoms with Crippen LogP contribution in [0.4, 0.5) is 4.39 Å². The zero-order chi connectivity index (χ0) is 20.2. The van der Waals surface area contributed by atoms with Crippen LogP contribution in [0.25, 0.3) is 0 Å². The quantitative estimate of drug-likeness (QED) is 0.783. The van der Waals surface area contributed by atoms with Gasteiger partial charge in [-0.1, -0.05) is 35.8 Å². The molecule has 1 aromatic carbocycles. The fraction of sp³-hybridized carbons (Fsp3) is 0.526. The molecule has 3 aliphatic rings. The molecule has 10 heteroatoms. The van der Waals surface area contributed by atoms with Crippen molar-refractivity contribution in [2.75, 3.05) is 13.2 Å². The summed E-state index contributed by atoms with van der Waals surface area (Å²) < 4.78 is 20.5. The molecule has 2 atom stereocenters. The number of benzene rings is 1. The highest BCUT2D eigenvalue weighted by Crippen LogP contribution is 2.53. The summed E-state index contributed by atoms with van der Waals surface area (Å²) >= 11 is 5.99. The van der Waals surface area contributed by atoms with Crippen LogP contribution in [0.3, 0.4) is 0 Å². The van der Waals surface area contributed by atoms with E-state index in [4.69, 9.17) is 16.1 Å². The molecule has 2 unspecified atom stereocenters. The Hall–Kier alpha value is -2.07. The number of halogens is 2. The lowest BCUT2D eigenvalue weighted by Crippen LogP contribution is -2.63. The van der Waals surface area contributed by atoms with Crippen molar-refractivity contribution in [3.8, 4) is 0 Å². The topological polar surface area (TPSA) is 86.5 Å². The number of alkyl halides is 1. The average Bonchev–Trinajstić information content (AvgIpc) is 3.28. The molecule has 1 amide bonds. The number of hydrogen-bond donors (Lipinski definition) is 2. The maximum atomic E-state index is 15.1. The van der Waals surface area contributed by atoms with Crippen LogP contribution in [0.15, 0.2) is 28.8 Å². The Morgan fingerprint density at radius 2 is 2.21 bits per heavy atom. The van der Waals surface area contributed by atoms with E-state index in [1.54, 1.807) is 34.3 Å². The molecule has 154 valence electrons. The first kappa shape index (κ1) is 18.9. The van der Waals surface area contributed by atoms with Crippen LogP contribution in [0.1, 0.15) is 43.0 Å². The SMILES string of the molecule is CC1CNN2NCN(Cc3nc(C4CC(F)(c5cccc(Cl)c5)C4)no3)C(=O)C12. The van der Waals surface area contributed by atoms with Crippen molar-refractivity contribution < 1.29 is 13.7 Å². The fourth-order valence-corrected chi connectivity index (χ4v) is 4.53. The summed E-state index contributed by atoms with van der Waals surface area (Å²) in [6.07, 6.45) is 0.577. The Morgan fingerprint density at radius 3 is 3.00 bits per heavy atom. The van der Waals surface area contributed by atoms with Gasteiger partial charge in [0.2, 0.25) is 11.8 Å². The highest BCUT2D eigenvalue weighted by atomic mass is 35.5. The largest absolute Gasteiger partial charge is 0.337 e. The number of hydrogen-bond acceptors (Lipinski definition) is 7. The number of hydrazine groups is 2. The predicted molar refractivity (Wildman–Crippen MR) is 102 cm³/mol. The van der Waals surface area contributed by atoms with Gasteiger partial charge in [-0.15, -0.1) is 0 Å². The molecule has 5 rings (SSSR count). The molecule has 2 aromatic rings. The summed E-state index contributed by atoms with van der Waals surface area (Å²) in [7, 11) is 0. The molecular formula is C19H22ClFN6O2. The van der Waals surface area contributed by atoms with E-state index in [2.05, 4.69) is 21.0 Å². The van der Waals surface area contributed by atoms with Gasteiger partial charge < -0.3 is 9.42 Å². The number of rotatable bonds is 4. The molecule has 0 bridgehead atoms. The second-order valence-corrected chi connectivity index (χ2v) is 8.57. The predicted octanol–water partition coefficient (Wildman–Crippen LogP) is 2.09. The Labute approximate surface area is 172 Å². The van der Waals surface area contributed by atoms with Crippen LogP contribution in [0.5, 0.6) is 0 Å². The molecule has 1 saturated carbocycles. The number of carbonyl (C=O) groups is 1. The van der Waals surface area contributed by atoms with E-state index in [0.29, 0.717) is 29.0 Å². The number of amides is 1. The van der Waals surface area contributed by atoms with Crippen molar-refractivity contribution in [2.45, 2.75) is 43.9 Å². The van der Waals surface area contributed by atoms with Crippen LogP contribution in [0, 0.1) is 5.92 Å². The second-order valence-electron chi connectivity index (χ2n) is 8.13. The monoisotopic (exact) mass is 420 g/mol. The summed E-state index contributed by atoms with van der Waals surface area (Å²) in [6, 6.07) is 6.65. The van der Waals surface area contributed by atoms with E-state index >= 15 is 4.39 Å². The molecule has 1 aliphatic carbocycles. The van der Waals surface area contributed by atoms with Crippen molar-refractivity contribution >= 4 is 17.5 Å². The summed E-state index contributed by atoms with van der Waals surface area (Å²) in [5.41, 5.74) is 5.50. The summed E-state index contributed by atoms with van der Waals surface area (Å²) in [5, 5.41) is 6.32. The van der Waals surface area contributed by atoms with Crippen molar-refractivity contribution in [2.24, 2.45) is 5.92 Å². The van der Waals surface area contributed by atoms with Gasteiger partial charge in [0.15, 0.2) is 5.82 Å². The van der Waals surface area contributed by atoms with Crippen molar-refractivity contribution in [1.82, 2.24) is 31.0 Å². The first-order valence-electron chi connectivity index (χ1n) is 9.75. The van der Waals surface area contributed by atoms with Gasteiger partial charge in [0.05, 0.1) is 6.67 Å². The van der Waals surface area contributed by atoms with Gasteiger partial charge >= 0.3 is 0 Å². The van der Waals surface area contributed by atoms with Crippen LogP contribution >= 0.6 is 11.6 Å². The van der Waals surface area contributed by atoms with Crippen LogP contribution in [-0.2, 0) is 17.0 Å². The summed E-state index contributed by atoms with van der Waals surface area (Å²) in [5.74, 6) is 0.969. The molecule has 0 radical (unpaired) electrons. The minimum absolute atomic E-state index is 0.0216. The molecule has 2 saturated heterocycles. The van der Waals surface area contributed by atoms with Crippen molar-refractivity contribution in [3.05, 3.63) is 46.6 Å². The van der Waals surface area contributed by atoms with Gasteiger partial charge in [0.1, 0.15) is 18.3 Å². The van der Waals surface area contributed by atoms with Gasteiger partial charge in [0.25, 0.3) is 0 Å². The fourth-order valence-electron chi connectivity index (χ4n) is 4.34. The molecule has 3 fully saturated rings. The summed E-state index contributed by atoms with van der Waals surface area (Å²) in [6.45, 7) is 3.38. The van der Waals surface area contributed by atoms with Gasteiger partial charge in [-0.25, -0.2) is 15.2 Å². The number of nitrogens with one attached hydrogen (secondary N) is 2. The maximum absolute atomic E-state index is 15.1. The maximum Gasteiger partial charge on any atom is 0.246 e. The second kappa shape index (κ2) is 7.02. The third-order valence-corrected chi connectivity index (χ3v) is 6.29. The number of carbonyl (C=O) groups excluding carboxylic acids is 1. The minimum atomic E-state index is -1.42. The van der Waals surface area contributed by atoms with Gasteiger partial charge in [0, 0.05) is 17.5 Å². The molecule has 29 heavy (non-hydrogen) atoms. The van der Waals surface area contributed by atoms with Gasteiger partial charge in [-0.05, 0) is 36.5 Å². The van der Waals surface area contributed by atoms with Crippen LogP contribution in [0.2, 0.25) is 5.02 Å². The lowest BCUT2D eigenvalue weighted by Gasteiger charge is -2.40. The molecule has 2 aliphatic heterocycles. The standard InChI is InChI=1S/C19H22ClFN6O2/c1-11-8-22-27-16(11)18(28)26(10-23-27)9-15-24-17(25-29-15)12-6-19(21,7-12)13-3-2-4-14(20)5-13/h2-5,11-12,16,22-23H,6-10H2,1H3. The Kier molecular flexibility index (Phi) is 4.58. The molecule has 0 spiro atoms. The number of nitrogens with zero attached hydrogens (tertiary/aromatic N) is 4. The first-order chi connectivity index (χ1) is 13.9. The lowest BCUT2D eigenvalue weighted by molar-refractivity contribution is -0.149. The Balaban J connectivity index is 1.23. The Morgan fingerprint density at radius 1 is 1.38 bits per heavy atom. The lowest BCUT2D eigenvalue weighted by atomic mass is 9.68. The van der Waals surface area contributed by atoms with E-state index in [-0.39, 0.29) is 43.2 Å². The van der Waals surface area contributed by atoms with Crippen molar-refractivity contribution in [3.63, 3.8) is 0 Å². The first-order valence-corrected chi connectivity index (χ1v) is 10.1. The zero-order valence-electron chi connectivity index (χ0n) is 15.9. The van der Waals surface area contributed by atoms with E-state index in [0.717, 1.165) is 6.54 Å². The smallest absolute Gasteiger partial charge is 0.246 e. The minimum Gasteiger partial charge on any atom is -0.337 e. The van der Waals surface area contributed by atoms with E-state index in [1.807, 2.05) is 6.92 Å². The zero-order valence-corrected chi connectivity index (χ0v) is 16.7. The molecule has 1 aromatic heterocycles. The van der Waals surface area contributed by atoms with E-state index in [9.17, 15) is 4.79 Å². The summed E-state index contributed by atoms with van der Waals surface area (Å²) in [4.78, 5) is 18.8. The third-order valence-electron chi connectivity index (χ3n) is 6.05. The van der Waals surface area contributed by atoms with E-state index in [1.165, 1.54) is 0 Å². The average molecular weight is 421 g/mol. The van der Waals surface area contributed by atoms with E-state index < -0.39 is 5.67 Å². The molecule has 3 heterocycles. The van der Waals surface area contributed by atoms with Crippen LogP contribution < -0.4 is 10.9 Å². The highest BCUT2D eigenvalue weighted by Gasteiger charge is 2.49. The normalized spacial score (nSPS) is 32.3. The van der Waals surface area contributed by atoms with Crippen molar-refractivity contribution in [1.29, 1.82) is 0 Å². The van der Waals surface area contributed by atoms with Gasteiger partial charge in [-0.2, -0.15) is 10.1 Å². The number of aromatic nitrogens is 2. The third kappa shape index (κ3) is 3.31. The molecule has 8 nitrogen and oxygen atoms in total. The van der Waals surface area contributed by atoms with Gasteiger partial charge in [-0.3, -0.25) is 4.79 Å². The van der Waals surface area contributed by atoms with Crippen LogP contribution in [-0.4, -0.2) is 45.3 Å². The Bertz CT molecular complexity index is 933. The molecular weight excluding hydrogens is 399 g/mol.